The van der Waals surface area contributed by atoms with Gasteiger partial charge in [0.1, 0.15) is 5.75 Å². The Morgan fingerprint density at radius 1 is 1.03 bits per heavy atom. The van der Waals surface area contributed by atoms with Crippen LogP contribution in [0.5, 0.6) is 5.75 Å². The number of anilines is 1. The van der Waals surface area contributed by atoms with Gasteiger partial charge in [0.25, 0.3) is 11.8 Å². The number of halogens is 1. The van der Waals surface area contributed by atoms with Crippen molar-refractivity contribution in [1.82, 2.24) is 4.90 Å². The SMILES string of the molecule is CC(C)(C)c1cc(Br)ccc1OCC(=O)Nc1cccc(C(=O)N2CCCCCC2)c1. The lowest BCUT2D eigenvalue weighted by Crippen LogP contribution is -2.31. The molecule has 2 amide bonds. The minimum Gasteiger partial charge on any atom is -0.483 e. The zero-order valence-electron chi connectivity index (χ0n) is 18.5. The molecule has 6 heteroatoms. The first-order valence-electron chi connectivity index (χ1n) is 10.9. The van der Waals surface area contributed by atoms with Gasteiger partial charge in [-0.3, -0.25) is 9.59 Å². The van der Waals surface area contributed by atoms with Gasteiger partial charge < -0.3 is 15.0 Å². The van der Waals surface area contributed by atoms with Crippen molar-refractivity contribution in [1.29, 1.82) is 0 Å². The van der Waals surface area contributed by atoms with E-state index in [1.807, 2.05) is 23.1 Å². The van der Waals surface area contributed by atoms with E-state index >= 15 is 0 Å². The summed E-state index contributed by atoms with van der Waals surface area (Å²) in [6.07, 6.45) is 4.45. The van der Waals surface area contributed by atoms with Crippen LogP contribution in [0.4, 0.5) is 5.69 Å². The molecule has 0 bridgehead atoms. The molecular formula is C25H31BrN2O3. The smallest absolute Gasteiger partial charge is 0.262 e. The fourth-order valence-electron chi connectivity index (χ4n) is 3.74. The van der Waals surface area contributed by atoms with Crippen LogP contribution in [-0.4, -0.2) is 36.4 Å². The number of carbonyl (C=O) groups is 2. The Hall–Kier alpha value is -2.34. The van der Waals surface area contributed by atoms with Crippen molar-refractivity contribution in [3.05, 3.63) is 58.1 Å². The molecule has 0 saturated carbocycles. The highest BCUT2D eigenvalue weighted by atomic mass is 79.9. The molecule has 0 atom stereocenters. The van der Waals surface area contributed by atoms with E-state index in [4.69, 9.17) is 4.74 Å². The monoisotopic (exact) mass is 486 g/mol. The number of hydrogen-bond acceptors (Lipinski definition) is 3. The molecule has 0 spiro atoms. The van der Waals surface area contributed by atoms with Gasteiger partial charge in [0.05, 0.1) is 0 Å². The average Bonchev–Trinajstić information content (AvgIpc) is 3.01. The van der Waals surface area contributed by atoms with E-state index in [0.29, 0.717) is 17.0 Å². The van der Waals surface area contributed by atoms with E-state index in [1.54, 1.807) is 24.3 Å². The van der Waals surface area contributed by atoms with Gasteiger partial charge in [0.2, 0.25) is 0 Å². The Bertz CT molecular complexity index is 929. The third-order valence-electron chi connectivity index (χ3n) is 5.39. The van der Waals surface area contributed by atoms with Crippen LogP contribution in [0.25, 0.3) is 0 Å². The highest BCUT2D eigenvalue weighted by molar-refractivity contribution is 9.10. The van der Waals surface area contributed by atoms with Crippen molar-refractivity contribution < 1.29 is 14.3 Å². The lowest BCUT2D eigenvalue weighted by atomic mass is 9.86. The first-order chi connectivity index (χ1) is 14.7. The van der Waals surface area contributed by atoms with E-state index in [9.17, 15) is 9.59 Å². The second-order valence-electron chi connectivity index (χ2n) is 9.01. The summed E-state index contributed by atoms with van der Waals surface area (Å²) in [4.78, 5) is 27.3. The molecule has 2 aromatic carbocycles. The number of hydrogen-bond donors (Lipinski definition) is 1. The van der Waals surface area contributed by atoms with Crippen LogP contribution in [0, 0.1) is 0 Å². The number of likely N-dealkylation sites (tertiary alicyclic amines) is 1. The van der Waals surface area contributed by atoms with Crippen molar-refractivity contribution >= 4 is 33.4 Å². The quantitative estimate of drug-likeness (QED) is 0.582. The van der Waals surface area contributed by atoms with Crippen LogP contribution in [0.15, 0.2) is 46.9 Å². The van der Waals surface area contributed by atoms with Crippen molar-refractivity contribution in [2.75, 3.05) is 25.0 Å². The molecule has 0 unspecified atom stereocenters. The Kier molecular flexibility index (Phi) is 7.76. The molecule has 0 aliphatic carbocycles. The number of rotatable bonds is 5. The summed E-state index contributed by atoms with van der Waals surface area (Å²) < 4.78 is 6.80. The van der Waals surface area contributed by atoms with Crippen LogP contribution in [-0.2, 0) is 10.2 Å². The Labute approximate surface area is 193 Å². The molecule has 166 valence electrons. The number of nitrogens with one attached hydrogen (secondary N) is 1. The summed E-state index contributed by atoms with van der Waals surface area (Å²) in [6, 6.07) is 12.9. The zero-order valence-corrected chi connectivity index (χ0v) is 20.1. The van der Waals surface area contributed by atoms with Gasteiger partial charge in [0.15, 0.2) is 6.61 Å². The zero-order chi connectivity index (χ0) is 22.4. The predicted molar refractivity (Wildman–Crippen MR) is 128 cm³/mol. The largest absolute Gasteiger partial charge is 0.483 e. The Balaban J connectivity index is 1.63. The fourth-order valence-corrected chi connectivity index (χ4v) is 4.10. The standard InChI is InChI=1S/C25H31BrN2O3/c1-25(2,3)21-16-19(26)11-12-22(21)31-17-23(29)27-20-10-8-9-18(15-20)24(30)28-13-6-4-5-7-14-28/h8-12,15-16H,4-7,13-14,17H2,1-3H3,(H,27,29). The Morgan fingerprint density at radius 2 is 1.74 bits per heavy atom. The van der Waals surface area contributed by atoms with E-state index in [0.717, 1.165) is 36.0 Å². The number of nitrogens with zero attached hydrogens (tertiary/aromatic N) is 1. The minimum atomic E-state index is -0.262. The van der Waals surface area contributed by atoms with Crippen LogP contribution in [0.1, 0.15) is 62.4 Å². The Morgan fingerprint density at radius 3 is 2.42 bits per heavy atom. The summed E-state index contributed by atoms with van der Waals surface area (Å²) in [6.45, 7) is 7.81. The summed E-state index contributed by atoms with van der Waals surface area (Å²) in [5.41, 5.74) is 2.11. The predicted octanol–water partition coefficient (Wildman–Crippen LogP) is 5.78. The molecule has 1 heterocycles. The molecule has 1 aliphatic heterocycles. The normalized spacial score (nSPS) is 14.6. The second kappa shape index (κ2) is 10.3. The van der Waals surface area contributed by atoms with E-state index in [-0.39, 0.29) is 23.8 Å². The summed E-state index contributed by atoms with van der Waals surface area (Å²) in [7, 11) is 0. The number of amides is 2. The van der Waals surface area contributed by atoms with Gasteiger partial charge in [-0.1, -0.05) is 55.6 Å². The molecule has 2 aromatic rings. The average molecular weight is 487 g/mol. The maximum absolute atomic E-state index is 12.8. The van der Waals surface area contributed by atoms with Gasteiger partial charge >= 0.3 is 0 Å². The van der Waals surface area contributed by atoms with Crippen LogP contribution < -0.4 is 10.1 Å². The van der Waals surface area contributed by atoms with Crippen molar-refractivity contribution in [3.63, 3.8) is 0 Å². The van der Waals surface area contributed by atoms with Gasteiger partial charge in [-0.2, -0.15) is 0 Å². The first-order valence-corrected chi connectivity index (χ1v) is 11.7. The number of carbonyl (C=O) groups excluding carboxylic acids is 2. The summed E-state index contributed by atoms with van der Waals surface area (Å²) >= 11 is 3.50. The molecule has 0 radical (unpaired) electrons. The van der Waals surface area contributed by atoms with Crippen molar-refractivity contribution in [2.24, 2.45) is 0 Å². The maximum Gasteiger partial charge on any atom is 0.262 e. The molecule has 5 nitrogen and oxygen atoms in total. The third-order valence-corrected chi connectivity index (χ3v) is 5.89. The highest BCUT2D eigenvalue weighted by Crippen LogP contribution is 2.33. The lowest BCUT2D eigenvalue weighted by molar-refractivity contribution is -0.118. The van der Waals surface area contributed by atoms with Gasteiger partial charge in [-0.15, -0.1) is 0 Å². The van der Waals surface area contributed by atoms with Crippen LogP contribution in [0.2, 0.25) is 0 Å². The topological polar surface area (TPSA) is 58.6 Å². The molecule has 0 aromatic heterocycles. The van der Waals surface area contributed by atoms with Crippen molar-refractivity contribution in [3.8, 4) is 5.75 Å². The molecule has 3 rings (SSSR count). The maximum atomic E-state index is 12.8. The molecule has 1 saturated heterocycles. The summed E-state index contributed by atoms with van der Waals surface area (Å²) in [5.74, 6) is 0.456. The van der Waals surface area contributed by atoms with Crippen molar-refractivity contribution in [2.45, 2.75) is 51.9 Å². The fraction of sp³-hybridized carbons (Fsp3) is 0.440. The number of ether oxygens (including phenoxy) is 1. The van der Waals surface area contributed by atoms with Gasteiger partial charge in [0, 0.05) is 34.4 Å². The minimum absolute atomic E-state index is 0.0268. The molecule has 1 aliphatic rings. The van der Waals surface area contributed by atoms with Crippen LogP contribution in [0.3, 0.4) is 0 Å². The van der Waals surface area contributed by atoms with E-state index in [2.05, 4.69) is 42.0 Å². The van der Waals surface area contributed by atoms with Gasteiger partial charge in [-0.25, -0.2) is 0 Å². The van der Waals surface area contributed by atoms with E-state index in [1.165, 1.54) is 12.8 Å². The second-order valence-corrected chi connectivity index (χ2v) is 9.93. The highest BCUT2D eigenvalue weighted by Gasteiger charge is 2.20. The molecular weight excluding hydrogens is 456 g/mol. The lowest BCUT2D eigenvalue weighted by Gasteiger charge is -2.23. The molecule has 1 fully saturated rings. The van der Waals surface area contributed by atoms with Gasteiger partial charge in [-0.05, 0) is 54.7 Å². The first kappa shape index (κ1) is 23.3. The number of benzene rings is 2. The summed E-state index contributed by atoms with van der Waals surface area (Å²) in [5, 5.41) is 2.85. The molecule has 31 heavy (non-hydrogen) atoms. The third kappa shape index (κ3) is 6.57. The van der Waals surface area contributed by atoms with E-state index < -0.39 is 0 Å². The molecule has 1 N–H and O–H groups in total. The van der Waals surface area contributed by atoms with Crippen LogP contribution >= 0.6 is 15.9 Å².